The molecule has 1 atom stereocenters. The Balaban J connectivity index is 1.77. The predicted molar refractivity (Wildman–Crippen MR) is 72.9 cm³/mol. The summed E-state index contributed by atoms with van der Waals surface area (Å²) in [7, 11) is 0. The maximum atomic E-state index is 9.48. The highest BCUT2D eigenvalue weighted by molar-refractivity contribution is 5.26. The number of nitrogens with one attached hydrogen (secondary N) is 1. The highest BCUT2D eigenvalue weighted by Crippen LogP contribution is 2.24. The molecule has 1 aliphatic carbocycles. The average Bonchev–Trinajstić information content (AvgIpc) is 3.15. The lowest BCUT2D eigenvalue weighted by Crippen LogP contribution is -2.48. The summed E-state index contributed by atoms with van der Waals surface area (Å²) in [5, 5.41) is 13.0. The van der Waals surface area contributed by atoms with E-state index >= 15 is 0 Å². The third kappa shape index (κ3) is 4.00. The van der Waals surface area contributed by atoms with E-state index in [4.69, 9.17) is 4.74 Å². The van der Waals surface area contributed by atoms with Gasteiger partial charge >= 0.3 is 0 Å². The summed E-state index contributed by atoms with van der Waals surface area (Å²) in [6.45, 7) is 4.90. The molecule has 3 heteroatoms. The topological polar surface area (TPSA) is 41.5 Å². The molecule has 1 unspecified atom stereocenters. The molecule has 0 bridgehead atoms. The Bertz CT molecular complexity index is 373. The SMILES string of the molecule is Cc1ccc(OCCC(C)(CO)NC2CC2)cc1. The first-order valence-corrected chi connectivity index (χ1v) is 6.69. The van der Waals surface area contributed by atoms with Gasteiger partial charge in [-0.25, -0.2) is 0 Å². The van der Waals surface area contributed by atoms with Crippen molar-refractivity contribution >= 4 is 0 Å². The zero-order valence-electron chi connectivity index (χ0n) is 11.3. The highest BCUT2D eigenvalue weighted by atomic mass is 16.5. The van der Waals surface area contributed by atoms with Gasteiger partial charge in [-0.3, -0.25) is 0 Å². The Kier molecular flexibility index (Phi) is 4.25. The van der Waals surface area contributed by atoms with Crippen LogP contribution in [0, 0.1) is 6.92 Å². The van der Waals surface area contributed by atoms with Gasteiger partial charge < -0.3 is 15.2 Å². The molecule has 0 radical (unpaired) electrons. The number of aliphatic hydroxyl groups is 1. The number of ether oxygens (including phenoxy) is 1. The van der Waals surface area contributed by atoms with Crippen molar-refractivity contribution in [2.24, 2.45) is 0 Å². The minimum absolute atomic E-state index is 0.154. The maximum Gasteiger partial charge on any atom is 0.119 e. The molecular formula is C15H23NO2. The van der Waals surface area contributed by atoms with Crippen LogP contribution in [-0.4, -0.2) is 29.9 Å². The van der Waals surface area contributed by atoms with Crippen LogP contribution in [0.25, 0.3) is 0 Å². The van der Waals surface area contributed by atoms with E-state index in [1.807, 2.05) is 24.3 Å². The summed E-state index contributed by atoms with van der Waals surface area (Å²) in [5.41, 5.74) is 1.02. The van der Waals surface area contributed by atoms with Gasteiger partial charge in [-0.05, 0) is 38.8 Å². The van der Waals surface area contributed by atoms with Crippen molar-refractivity contribution in [3.05, 3.63) is 29.8 Å². The molecule has 0 spiro atoms. The lowest BCUT2D eigenvalue weighted by Gasteiger charge is -2.29. The number of rotatable bonds is 7. The Hall–Kier alpha value is -1.06. The lowest BCUT2D eigenvalue weighted by atomic mass is 9.99. The van der Waals surface area contributed by atoms with E-state index in [-0.39, 0.29) is 12.1 Å². The van der Waals surface area contributed by atoms with E-state index in [0.29, 0.717) is 12.6 Å². The van der Waals surface area contributed by atoms with Gasteiger partial charge in [0.1, 0.15) is 5.75 Å². The van der Waals surface area contributed by atoms with Gasteiger partial charge in [0.05, 0.1) is 13.2 Å². The van der Waals surface area contributed by atoms with Crippen LogP contribution in [0.4, 0.5) is 0 Å². The number of hydrogen-bond donors (Lipinski definition) is 2. The average molecular weight is 249 g/mol. The number of benzene rings is 1. The third-order valence-electron chi connectivity index (χ3n) is 3.42. The highest BCUT2D eigenvalue weighted by Gasteiger charge is 2.31. The van der Waals surface area contributed by atoms with Crippen molar-refractivity contribution in [1.82, 2.24) is 5.32 Å². The molecule has 2 rings (SSSR count). The molecule has 1 aromatic carbocycles. The molecule has 2 N–H and O–H groups in total. The van der Waals surface area contributed by atoms with Crippen LogP contribution in [0.5, 0.6) is 5.75 Å². The molecule has 1 aliphatic rings. The second-order valence-electron chi connectivity index (χ2n) is 5.55. The standard InChI is InChI=1S/C15H23NO2/c1-12-3-7-14(8-4-12)18-10-9-15(2,11-17)16-13-5-6-13/h3-4,7-8,13,16-17H,5-6,9-11H2,1-2H3. The predicted octanol–water partition coefficient (Wildman–Crippen LogP) is 2.27. The van der Waals surface area contributed by atoms with Crippen LogP contribution in [0.1, 0.15) is 31.7 Å². The molecule has 0 saturated heterocycles. The molecule has 1 aromatic rings. The zero-order chi connectivity index (χ0) is 13.0. The van der Waals surface area contributed by atoms with Gasteiger partial charge in [0.15, 0.2) is 0 Å². The fourth-order valence-corrected chi connectivity index (χ4v) is 1.95. The molecule has 3 nitrogen and oxygen atoms in total. The van der Waals surface area contributed by atoms with E-state index < -0.39 is 0 Å². The molecule has 0 aliphatic heterocycles. The zero-order valence-corrected chi connectivity index (χ0v) is 11.3. The van der Waals surface area contributed by atoms with E-state index in [1.54, 1.807) is 0 Å². The van der Waals surface area contributed by atoms with Gasteiger partial charge in [0.2, 0.25) is 0 Å². The van der Waals surface area contributed by atoms with Crippen molar-refractivity contribution in [2.75, 3.05) is 13.2 Å². The van der Waals surface area contributed by atoms with Crippen molar-refractivity contribution in [2.45, 2.75) is 44.7 Å². The van der Waals surface area contributed by atoms with E-state index in [2.05, 4.69) is 19.2 Å². The van der Waals surface area contributed by atoms with Gasteiger partial charge in [-0.15, -0.1) is 0 Å². The Morgan fingerprint density at radius 2 is 2.00 bits per heavy atom. The van der Waals surface area contributed by atoms with E-state index in [1.165, 1.54) is 18.4 Å². The van der Waals surface area contributed by atoms with Crippen LogP contribution in [0.15, 0.2) is 24.3 Å². The molecule has 18 heavy (non-hydrogen) atoms. The third-order valence-corrected chi connectivity index (χ3v) is 3.42. The van der Waals surface area contributed by atoms with Gasteiger partial charge in [0, 0.05) is 18.0 Å². The normalized spacial score (nSPS) is 18.4. The van der Waals surface area contributed by atoms with Crippen LogP contribution < -0.4 is 10.1 Å². The van der Waals surface area contributed by atoms with Crippen molar-refractivity contribution in [1.29, 1.82) is 0 Å². The van der Waals surface area contributed by atoms with E-state index in [9.17, 15) is 5.11 Å². The molecule has 1 fully saturated rings. The van der Waals surface area contributed by atoms with E-state index in [0.717, 1.165) is 12.2 Å². The second-order valence-corrected chi connectivity index (χ2v) is 5.55. The molecule has 0 amide bonds. The van der Waals surface area contributed by atoms with Crippen molar-refractivity contribution in [3.8, 4) is 5.75 Å². The first-order valence-electron chi connectivity index (χ1n) is 6.69. The smallest absolute Gasteiger partial charge is 0.119 e. The van der Waals surface area contributed by atoms with Crippen LogP contribution >= 0.6 is 0 Å². The first kappa shape index (κ1) is 13.4. The summed E-state index contributed by atoms with van der Waals surface area (Å²) in [6.07, 6.45) is 3.27. The van der Waals surface area contributed by atoms with Crippen LogP contribution in [0.2, 0.25) is 0 Å². The maximum absolute atomic E-state index is 9.48. The molecule has 0 aromatic heterocycles. The van der Waals surface area contributed by atoms with Gasteiger partial charge in [-0.1, -0.05) is 17.7 Å². The summed E-state index contributed by atoms with van der Waals surface area (Å²) in [5.74, 6) is 0.896. The summed E-state index contributed by atoms with van der Waals surface area (Å²) in [6, 6.07) is 8.66. The van der Waals surface area contributed by atoms with Gasteiger partial charge in [-0.2, -0.15) is 0 Å². The Morgan fingerprint density at radius 1 is 1.33 bits per heavy atom. The van der Waals surface area contributed by atoms with Crippen LogP contribution in [0.3, 0.4) is 0 Å². The first-order chi connectivity index (χ1) is 8.61. The summed E-state index contributed by atoms with van der Waals surface area (Å²) >= 11 is 0. The van der Waals surface area contributed by atoms with Crippen molar-refractivity contribution < 1.29 is 9.84 Å². The second kappa shape index (κ2) is 5.72. The van der Waals surface area contributed by atoms with Crippen molar-refractivity contribution in [3.63, 3.8) is 0 Å². The molecule has 0 heterocycles. The quantitative estimate of drug-likeness (QED) is 0.779. The van der Waals surface area contributed by atoms with Crippen LogP contribution in [-0.2, 0) is 0 Å². The fourth-order valence-electron chi connectivity index (χ4n) is 1.95. The Morgan fingerprint density at radius 3 is 2.56 bits per heavy atom. The Labute approximate surface area is 109 Å². The van der Waals surface area contributed by atoms with Gasteiger partial charge in [0.25, 0.3) is 0 Å². The summed E-state index contributed by atoms with van der Waals surface area (Å²) < 4.78 is 5.71. The number of hydrogen-bond acceptors (Lipinski definition) is 3. The number of aliphatic hydroxyl groups excluding tert-OH is 1. The minimum Gasteiger partial charge on any atom is -0.494 e. The largest absolute Gasteiger partial charge is 0.494 e. The number of aryl methyl sites for hydroxylation is 1. The molecule has 1 saturated carbocycles. The monoisotopic (exact) mass is 249 g/mol. The molecular weight excluding hydrogens is 226 g/mol. The molecule has 100 valence electrons. The summed E-state index contributed by atoms with van der Waals surface area (Å²) in [4.78, 5) is 0. The fraction of sp³-hybridized carbons (Fsp3) is 0.600. The minimum atomic E-state index is -0.216. The lowest BCUT2D eigenvalue weighted by molar-refractivity contribution is 0.142.